The van der Waals surface area contributed by atoms with Gasteiger partial charge in [-0.25, -0.2) is 15.0 Å². The van der Waals surface area contributed by atoms with E-state index in [-0.39, 0.29) is 11.9 Å². The molecule has 3 aromatic rings. The molecule has 1 saturated heterocycles. The molecule has 0 saturated carbocycles. The first-order valence-electron chi connectivity index (χ1n) is 11.5. The molecule has 1 aliphatic heterocycles. The number of nitrogens with zero attached hydrogens (tertiary/aromatic N) is 5. The van der Waals surface area contributed by atoms with Crippen molar-refractivity contribution in [2.75, 3.05) is 13.1 Å². The second kappa shape index (κ2) is 10.5. The standard InChI is InChI=1S/C25H32N6O/c1-19(11-12-21-9-5-3-6-10-21)27-24(32)23(30-14-7-4-8-15-30)22-17-20(2)28-25(29-22)31-16-13-26-18-31/h3,5-6,9-10,13,16-19,23H,4,7-8,11-12,14-15H2,1-2H3,(H,27,32). The van der Waals surface area contributed by atoms with Crippen LogP contribution in [0.3, 0.4) is 0 Å². The minimum Gasteiger partial charge on any atom is -0.352 e. The molecule has 1 fully saturated rings. The Balaban J connectivity index is 1.53. The molecule has 1 aromatic carbocycles. The Morgan fingerprint density at radius 2 is 1.91 bits per heavy atom. The van der Waals surface area contributed by atoms with Crippen LogP contribution < -0.4 is 5.32 Å². The number of imidazole rings is 1. The largest absolute Gasteiger partial charge is 0.352 e. The van der Waals surface area contributed by atoms with Gasteiger partial charge in [-0.05, 0) is 64.3 Å². The van der Waals surface area contributed by atoms with Crippen LogP contribution in [0, 0.1) is 6.92 Å². The SMILES string of the molecule is Cc1cc(C(C(=O)NC(C)CCc2ccccc2)N2CCCCC2)nc(-n2ccnc2)n1. The predicted molar refractivity (Wildman–Crippen MR) is 124 cm³/mol. The third-order valence-electron chi connectivity index (χ3n) is 5.98. The summed E-state index contributed by atoms with van der Waals surface area (Å²) in [4.78, 5) is 29.2. The van der Waals surface area contributed by atoms with E-state index < -0.39 is 6.04 Å². The van der Waals surface area contributed by atoms with Crippen molar-refractivity contribution in [3.8, 4) is 5.95 Å². The molecule has 1 N–H and O–H groups in total. The Morgan fingerprint density at radius 1 is 1.12 bits per heavy atom. The van der Waals surface area contributed by atoms with Gasteiger partial charge in [-0.2, -0.15) is 0 Å². The Bertz CT molecular complexity index is 999. The van der Waals surface area contributed by atoms with Crippen LogP contribution in [0.4, 0.5) is 0 Å². The van der Waals surface area contributed by atoms with Crippen molar-refractivity contribution < 1.29 is 4.79 Å². The van der Waals surface area contributed by atoms with E-state index in [1.54, 1.807) is 17.1 Å². The van der Waals surface area contributed by atoms with Crippen LogP contribution in [0.15, 0.2) is 55.1 Å². The normalized spacial score (nSPS) is 16.4. The third kappa shape index (κ3) is 5.59. The van der Waals surface area contributed by atoms with Crippen LogP contribution in [0.25, 0.3) is 5.95 Å². The minimum absolute atomic E-state index is 0.0159. The molecule has 0 spiro atoms. The third-order valence-corrected chi connectivity index (χ3v) is 5.98. The maximum Gasteiger partial charge on any atom is 0.243 e. The number of carbonyl (C=O) groups excluding carboxylic acids is 1. The van der Waals surface area contributed by atoms with Gasteiger partial charge in [0.2, 0.25) is 11.9 Å². The lowest BCUT2D eigenvalue weighted by Crippen LogP contribution is -2.46. The number of benzene rings is 1. The lowest BCUT2D eigenvalue weighted by molar-refractivity contribution is -0.128. The lowest BCUT2D eigenvalue weighted by atomic mass is 10.0. The van der Waals surface area contributed by atoms with Gasteiger partial charge in [0.25, 0.3) is 0 Å². The van der Waals surface area contributed by atoms with Crippen LogP contribution in [0.2, 0.25) is 0 Å². The Morgan fingerprint density at radius 3 is 2.62 bits per heavy atom. The van der Waals surface area contributed by atoms with Crippen LogP contribution in [-0.4, -0.2) is 49.5 Å². The fourth-order valence-corrected chi connectivity index (χ4v) is 4.30. The quantitative estimate of drug-likeness (QED) is 0.588. The molecule has 0 radical (unpaired) electrons. The van der Waals surface area contributed by atoms with Crippen molar-refractivity contribution in [3.05, 3.63) is 72.1 Å². The van der Waals surface area contributed by atoms with Crippen LogP contribution >= 0.6 is 0 Å². The van der Waals surface area contributed by atoms with Crippen molar-refractivity contribution in [2.45, 2.75) is 58.0 Å². The van der Waals surface area contributed by atoms with Gasteiger partial charge < -0.3 is 5.32 Å². The van der Waals surface area contributed by atoms with E-state index in [1.165, 1.54) is 12.0 Å². The highest BCUT2D eigenvalue weighted by atomic mass is 16.2. The van der Waals surface area contributed by atoms with Gasteiger partial charge in [0.1, 0.15) is 12.4 Å². The molecule has 168 valence electrons. The number of rotatable bonds is 8. The zero-order valence-corrected chi connectivity index (χ0v) is 18.9. The summed E-state index contributed by atoms with van der Waals surface area (Å²) in [6.45, 7) is 5.83. The molecule has 0 aliphatic carbocycles. The zero-order chi connectivity index (χ0) is 22.3. The van der Waals surface area contributed by atoms with E-state index in [2.05, 4.69) is 51.4 Å². The number of likely N-dealkylation sites (tertiary alicyclic amines) is 1. The summed E-state index contributed by atoms with van der Waals surface area (Å²) in [5.74, 6) is 0.562. The molecular weight excluding hydrogens is 400 g/mol. The minimum atomic E-state index is -0.418. The molecule has 2 aromatic heterocycles. The lowest BCUT2D eigenvalue weighted by Gasteiger charge is -2.34. The monoisotopic (exact) mass is 432 g/mol. The molecule has 7 heteroatoms. The smallest absolute Gasteiger partial charge is 0.243 e. The highest BCUT2D eigenvalue weighted by Gasteiger charge is 2.31. The first kappa shape index (κ1) is 22.1. The van der Waals surface area contributed by atoms with Gasteiger partial charge in [-0.1, -0.05) is 36.8 Å². The highest BCUT2D eigenvalue weighted by Crippen LogP contribution is 2.25. The zero-order valence-electron chi connectivity index (χ0n) is 18.9. The molecule has 4 rings (SSSR count). The van der Waals surface area contributed by atoms with E-state index >= 15 is 0 Å². The number of hydrogen-bond acceptors (Lipinski definition) is 5. The van der Waals surface area contributed by atoms with Crippen LogP contribution in [-0.2, 0) is 11.2 Å². The van der Waals surface area contributed by atoms with Gasteiger partial charge in [0, 0.05) is 24.1 Å². The van der Waals surface area contributed by atoms with Crippen molar-refractivity contribution in [1.82, 2.24) is 29.7 Å². The molecule has 2 unspecified atom stereocenters. The van der Waals surface area contributed by atoms with Crippen molar-refractivity contribution in [1.29, 1.82) is 0 Å². The number of amides is 1. The number of piperidine rings is 1. The number of aromatic nitrogens is 4. The molecule has 1 amide bonds. The van der Waals surface area contributed by atoms with Crippen molar-refractivity contribution in [2.24, 2.45) is 0 Å². The summed E-state index contributed by atoms with van der Waals surface area (Å²) in [6.07, 6.45) is 10.5. The number of aryl methyl sites for hydroxylation is 2. The molecule has 2 atom stereocenters. The van der Waals surface area contributed by atoms with Gasteiger partial charge in [-0.15, -0.1) is 0 Å². The van der Waals surface area contributed by atoms with E-state index in [9.17, 15) is 4.79 Å². The van der Waals surface area contributed by atoms with Gasteiger partial charge in [0.05, 0.1) is 5.69 Å². The Kier molecular flexibility index (Phi) is 7.27. The van der Waals surface area contributed by atoms with E-state index in [4.69, 9.17) is 4.98 Å². The molecule has 32 heavy (non-hydrogen) atoms. The average molecular weight is 433 g/mol. The summed E-state index contributed by atoms with van der Waals surface area (Å²) in [7, 11) is 0. The topological polar surface area (TPSA) is 75.9 Å². The molecular formula is C25H32N6O. The van der Waals surface area contributed by atoms with Crippen LogP contribution in [0.5, 0.6) is 0 Å². The van der Waals surface area contributed by atoms with Crippen LogP contribution in [0.1, 0.15) is 55.6 Å². The fourth-order valence-electron chi connectivity index (χ4n) is 4.30. The second-order valence-corrected chi connectivity index (χ2v) is 8.64. The van der Waals surface area contributed by atoms with E-state index in [0.29, 0.717) is 5.95 Å². The fraction of sp³-hybridized carbons (Fsp3) is 0.440. The summed E-state index contributed by atoms with van der Waals surface area (Å²) < 4.78 is 1.78. The summed E-state index contributed by atoms with van der Waals surface area (Å²) in [5, 5.41) is 3.26. The number of nitrogens with one attached hydrogen (secondary N) is 1. The molecule has 0 bridgehead atoms. The second-order valence-electron chi connectivity index (χ2n) is 8.64. The van der Waals surface area contributed by atoms with E-state index in [1.807, 2.05) is 25.3 Å². The average Bonchev–Trinajstić information content (AvgIpc) is 3.34. The van der Waals surface area contributed by atoms with Crippen molar-refractivity contribution in [3.63, 3.8) is 0 Å². The molecule has 3 heterocycles. The number of hydrogen-bond donors (Lipinski definition) is 1. The van der Waals surface area contributed by atoms with Gasteiger partial charge >= 0.3 is 0 Å². The predicted octanol–water partition coefficient (Wildman–Crippen LogP) is 3.64. The Hall–Kier alpha value is -3.06. The van der Waals surface area contributed by atoms with E-state index in [0.717, 1.165) is 50.2 Å². The molecule has 1 aliphatic rings. The summed E-state index contributed by atoms with van der Waals surface area (Å²) in [5.41, 5.74) is 2.87. The first-order valence-corrected chi connectivity index (χ1v) is 11.5. The highest BCUT2D eigenvalue weighted by molar-refractivity contribution is 5.83. The van der Waals surface area contributed by atoms with Crippen molar-refractivity contribution >= 4 is 5.91 Å². The summed E-state index contributed by atoms with van der Waals surface area (Å²) in [6, 6.07) is 12.0. The summed E-state index contributed by atoms with van der Waals surface area (Å²) >= 11 is 0. The number of carbonyl (C=O) groups is 1. The molecule has 7 nitrogen and oxygen atoms in total. The first-order chi connectivity index (χ1) is 15.6. The maximum absolute atomic E-state index is 13.5. The van der Waals surface area contributed by atoms with Gasteiger partial charge in [-0.3, -0.25) is 14.3 Å². The maximum atomic E-state index is 13.5. The van der Waals surface area contributed by atoms with Gasteiger partial charge in [0.15, 0.2) is 0 Å². The Labute approximate surface area is 189 Å².